The zero-order chi connectivity index (χ0) is 22.6. The van der Waals surface area contributed by atoms with Crippen molar-refractivity contribution in [1.29, 1.82) is 0 Å². The van der Waals surface area contributed by atoms with Crippen molar-refractivity contribution in [2.24, 2.45) is 0 Å². The fourth-order valence-corrected chi connectivity index (χ4v) is 3.60. The van der Waals surface area contributed by atoms with Crippen molar-refractivity contribution < 1.29 is 9.90 Å². The number of aromatic hydroxyl groups is 1. The number of aromatic nitrogens is 2. The first kappa shape index (κ1) is 20.2. The van der Waals surface area contributed by atoms with E-state index in [2.05, 4.69) is 20.8 Å². The molecule has 0 aliphatic carbocycles. The second kappa shape index (κ2) is 8.80. The van der Waals surface area contributed by atoms with E-state index in [-0.39, 0.29) is 11.7 Å². The van der Waals surface area contributed by atoms with Gasteiger partial charge < -0.3 is 15.7 Å². The Labute approximate surface area is 190 Å². The number of anilines is 3. The van der Waals surface area contributed by atoms with Crippen molar-refractivity contribution in [3.63, 3.8) is 0 Å². The maximum absolute atomic E-state index is 12.5. The number of amides is 1. The molecule has 0 saturated heterocycles. The number of rotatable bonds is 5. The van der Waals surface area contributed by atoms with Gasteiger partial charge >= 0.3 is 0 Å². The molecule has 33 heavy (non-hydrogen) atoms. The normalized spacial score (nSPS) is 10.7. The molecule has 1 aromatic heterocycles. The van der Waals surface area contributed by atoms with E-state index in [4.69, 9.17) is 0 Å². The fourth-order valence-electron chi connectivity index (χ4n) is 3.60. The molecule has 0 aliphatic heterocycles. The van der Waals surface area contributed by atoms with Crippen LogP contribution in [0.25, 0.3) is 22.0 Å². The topological polar surface area (TPSA) is 87.1 Å². The average Bonchev–Trinajstić information content (AvgIpc) is 2.86. The summed E-state index contributed by atoms with van der Waals surface area (Å²) < 4.78 is 0. The number of nitrogens with one attached hydrogen (secondary N) is 2. The molecular weight excluding hydrogens is 412 g/mol. The predicted octanol–water partition coefficient (Wildman–Crippen LogP) is 6.00. The first-order valence-electron chi connectivity index (χ1n) is 10.5. The standard InChI is InChI=1S/C27H20N4O2/c32-22-16-12-18(13-17-22)25-23-8-4-5-9-24(23)26(31-30-25)28-21-14-10-19(11-15-21)27(33)29-20-6-2-1-3-7-20/h1-17,32H,(H,28,31)(H,29,33). The summed E-state index contributed by atoms with van der Waals surface area (Å²) in [7, 11) is 0. The summed E-state index contributed by atoms with van der Waals surface area (Å²) in [6.45, 7) is 0. The number of benzene rings is 4. The van der Waals surface area contributed by atoms with E-state index in [0.717, 1.165) is 33.4 Å². The molecule has 5 rings (SSSR count). The number of fused-ring (bicyclic) bond motifs is 1. The summed E-state index contributed by atoms with van der Waals surface area (Å²) >= 11 is 0. The van der Waals surface area contributed by atoms with Crippen LogP contribution in [-0.2, 0) is 0 Å². The lowest BCUT2D eigenvalue weighted by atomic mass is 10.0. The smallest absolute Gasteiger partial charge is 0.255 e. The Morgan fingerprint density at radius 1 is 0.667 bits per heavy atom. The second-order valence-electron chi connectivity index (χ2n) is 7.51. The van der Waals surface area contributed by atoms with Crippen LogP contribution < -0.4 is 10.6 Å². The third-order valence-electron chi connectivity index (χ3n) is 5.27. The van der Waals surface area contributed by atoms with Crippen LogP contribution in [0.5, 0.6) is 5.75 Å². The van der Waals surface area contributed by atoms with Crippen LogP contribution in [-0.4, -0.2) is 21.2 Å². The van der Waals surface area contributed by atoms with Crippen molar-refractivity contribution in [3.05, 3.63) is 109 Å². The van der Waals surface area contributed by atoms with Gasteiger partial charge in [0, 0.05) is 33.3 Å². The highest BCUT2D eigenvalue weighted by molar-refractivity contribution is 6.04. The molecule has 0 radical (unpaired) electrons. The highest BCUT2D eigenvalue weighted by atomic mass is 16.3. The van der Waals surface area contributed by atoms with Crippen LogP contribution in [0, 0.1) is 0 Å². The highest BCUT2D eigenvalue weighted by Crippen LogP contribution is 2.31. The summed E-state index contributed by atoms with van der Waals surface area (Å²) in [6, 6.07) is 31.3. The average molecular weight is 432 g/mol. The largest absolute Gasteiger partial charge is 0.508 e. The minimum absolute atomic E-state index is 0.170. The molecule has 0 bridgehead atoms. The molecule has 160 valence electrons. The summed E-state index contributed by atoms with van der Waals surface area (Å²) in [5.41, 5.74) is 3.71. The lowest BCUT2D eigenvalue weighted by Crippen LogP contribution is -2.11. The highest BCUT2D eigenvalue weighted by Gasteiger charge is 2.12. The van der Waals surface area contributed by atoms with E-state index in [1.807, 2.05) is 78.9 Å². The molecule has 1 amide bonds. The molecule has 0 atom stereocenters. The van der Waals surface area contributed by atoms with Gasteiger partial charge in [-0.2, -0.15) is 0 Å². The van der Waals surface area contributed by atoms with Gasteiger partial charge in [0.25, 0.3) is 5.91 Å². The quantitative estimate of drug-likeness (QED) is 0.317. The third-order valence-corrected chi connectivity index (χ3v) is 5.27. The monoisotopic (exact) mass is 432 g/mol. The summed E-state index contributed by atoms with van der Waals surface area (Å²) in [6.07, 6.45) is 0. The zero-order valence-electron chi connectivity index (χ0n) is 17.6. The number of carbonyl (C=O) groups excluding carboxylic acids is 1. The Kier molecular flexibility index (Phi) is 5.39. The predicted molar refractivity (Wildman–Crippen MR) is 131 cm³/mol. The molecule has 6 nitrogen and oxygen atoms in total. The number of nitrogens with zero attached hydrogens (tertiary/aromatic N) is 2. The molecule has 0 spiro atoms. The first-order valence-corrected chi connectivity index (χ1v) is 10.5. The number of hydrogen-bond acceptors (Lipinski definition) is 5. The van der Waals surface area contributed by atoms with Crippen LogP contribution in [0.4, 0.5) is 17.2 Å². The number of phenolic OH excluding ortho intramolecular Hbond substituents is 1. The van der Waals surface area contributed by atoms with Gasteiger partial charge in [0.15, 0.2) is 5.82 Å². The van der Waals surface area contributed by atoms with E-state index in [1.165, 1.54) is 0 Å². The SMILES string of the molecule is O=C(Nc1ccccc1)c1ccc(Nc2nnc(-c3ccc(O)cc3)c3ccccc23)cc1. The van der Waals surface area contributed by atoms with Gasteiger partial charge in [-0.05, 0) is 60.7 Å². The van der Waals surface area contributed by atoms with Gasteiger partial charge in [0.2, 0.25) is 0 Å². The summed E-state index contributed by atoms with van der Waals surface area (Å²) in [5.74, 6) is 0.654. The maximum Gasteiger partial charge on any atom is 0.255 e. The van der Waals surface area contributed by atoms with E-state index < -0.39 is 0 Å². The van der Waals surface area contributed by atoms with E-state index in [1.54, 1.807) is 24.3 Å². The number of hydrogen-bond donors (Lipinski definition) is 3. The lowest BCUT2D eigenvalue weighted by molar-refractivity contribution is 0.102. The minimum Gasteiger partial charge on any atom is -0.508 e. The van der Waals surface area contributed by atoms with Crippen LogP contribution in [0.3, 0.4) is 0 Å². The minimum atomic E-state index is -0.170. The van der Waals surface area contributed by atoms with E-state index >= 15 is 0 Å². The van der Waals surface area contributed by atoms with Gasteiger partial charge in [-0.15, -0.1) is 10.2 Å². The van der Waals surface area contributed by atoms with Gasteiger partial charge in [-0.25, -0.2) is 0 Å². The Hall–Kier alpha value is -4.71. The van der Waals surface area contributed by atoms with Crippen LogP contribution in [0.15, 0.2) is 103 Å². The molecule has 5 aromatic rings. The van der Waals surface area contributed by atoms with Gasteiger partial charge in [0.1, 0.15) is 11.4 Å². The van der Waals surface area contributed by atoms with Gasteiger partial charge in [-0.3, -0.25) is 4.79 Å². The maximum atomic E-state index is 12.5. The van der Waals surface area contributed by atoms with Gasteiger partial charge in [0.05, 0.1) is 0 Å². The van der Waals surface area contributed by atoms with E-state index in [9.17, 15) is 9.90 Å². The first-order chi connectivity index (χ1) is 16.2. The number of phenols is 1. The zero-order valence-corrected chi connectivity index (χ0v) is 17.6. The number of carbonyl (C=O) groups is 1. The Balaban J connectivity index is 1.40. The number of para-hydroxylation sites is 1. The molecule has 0 fully saturated rings. The molecule has 6 heteroatoms. The third kappa shape index (κ3) is 4.36. The van der Waals surface area contributed by atoms with Gasteiger partial charge in [-0.1, -0.05) is 42.5 Å². The van der Waals surface area contributed by atoms with Crippen LogP contribution >= 0.6 is 0 Å². The summed E-state index contributed by atoms with van der Waals surface area (Å²) in [5, 5.41) is 26.5. The molecular formula is C27H20N4O2. The Morgan fingerprint density at radius 3 is 2.06 bits per heavy atom. The summed E-state index contributed by atoms with van der Waals surface area (Å²) in [4.78, 5) is 12.5. The van der Waals surface area contributed by atoms with Crippen molar-refractivity contribution in [2.75, 3.05) is 10.6 Å². The van der Waals surface area contributed by atoms with Crippen LogP contribution in [0.2, 0.25) is 0 Å². The lowest BCUT2D eigenvalue weighted by Gasteiger charge is -2.12. The molecule has 3 N–H and O–H groups in total. The van der Waals surface area contributed by atoms with Crippen molar-refractivity contribution in [2.45, 2.75) is 0 Å². The Morgan fingerprint density at radius 2 is 1.33 bits per heavy atom. The van der Waals surface area contributed by atoms with Crippen molar-refractivity contribution >= 4 is 33.9 Å². The molecule has 1 heterocycles. The van der Waals surface area contributed by atoms with Crippen molar-refractivity contribution in [1.82, 2.24) is 10.2 Å². The molecule has 0 unspecified atom stereocenters. The fraction of sp³-hybridized carbons (Fsp3) is 0. The van der Waals surface area contributed by atoms with Crippen molar-refractivity contribution in [3.8, 4) is 17.0 Å². The second-order valence-corrected chi connectivity index (χ2v) is 7.51. The van der Waals surface area contributed by atoms with Crippen LogP contribution in [0.1, 0.15) is 10.4 Å². The van der Waals surface area contributed by atoms with E-state index in [0.29, 0.717) is 11.4 Å². The Bertz CT molecular complexity index is 1420. The molecule has 0 saturated carbocycles. The molecule has 0 aliphatic rings. The molecule has 4 aromatic carbocycles.